The minimum Gasteiger partial charge on any atom is -0.459 e. The second-order valence-corrected chi connectivity index (χ2v) is 6.94. The molecule has 0 aromatic carbocycles. The summed E-state index contributed by atoms with van der Waals surface area (Å²) in [4.78, 5) is 34.6. The molecule has 23 heavy (non-hydrogen) atoms. The van der Waals surface area contributed by atoms with E-state index in [2.05, 4.69) is 10.4 Å². The molecule has 0 atom stereocenters. The van der Waals surface area contributed by atoms with Crippen molar-refractivity contribution < 1.29 is 23.9 Å². The molecule has 8 heteroatoms. The Morgan fingerprint density at radius 1 is 1.17 bits per heavy atom. The lowest BCUT2D eigenvalue weighted by Gasteiger charge is -2.19. The van der Waals surface area contributed by atoms with Gasteiger partial charge in [0.1, 0.15) is 23.4 Å². The van der Waals surface area contributed by atoms with Crippen LogP contribution in [-0.2, 0) is 20.8 Å². The molecule has 1 rings (SSSR count). The van der Waals surface area contributed by atoms with Crippen LogP contribution in [0.5, 0.6) is 0 Å². The quantitative estimate of drug-likeness (QED) is 0.674. The van der Waals surface area contributed by atoms with Crippen LogP contribution < -0.4 is 5.32 Å². The fourth-order valence-corrected chi connectivity index (χ4v) is 1.62. The van der Waals surface area contributed by atoms with Gasteiger partial charge in [-0.1, -0.05) is 0 Å². The molecule has 0 spiro atoms. The molecular weight excluding hydrogens is 302 g/mol. The lowest BCUT2D eigenvalue weighted by Crippen LogP contribution is -2.28. The van der Waals surface area contributed by atoms with Crippen molar-refractivity contribution in [3.8, 4) is 0 Å². The SMILES string of the molecule is CC(C)(C)OC(=O)Cn1nc(NC(=O)OC(C)(C)C)cc1C=O. The minimum absolute atomic E-state index is 0.116. The van der Waals surface area contributed by atoms with E-state index < -0.39 is 23.3 Å². The highest BCUT2D eigenvalue weighted by Crippen LogP contribution is 2.13. The zero-order valence-electron chi connectivity index (χ0n) is 14.3. The Morgan fingerprint density at radius 3 is 2.22 bits per heavy atom. The normalized spacial score (nSPS) is 11.7. The van der Waals surface area contributed by atoms with Crippen LogP contribution in [0.25, 0.3) is 0 Å². The van der Waals surface area contributed by atoms with Gasteiger partial charge < -0.3 is 9.47 Å². The summed E-state index contributed by atoms with van der Waals surface area (Å²) in [7, 11) is 0. The summed E-state index contributed by atoms with van der Waals surface area (Å²) in [5.74, 6) is -0.419. The van der Waals surface area contributed by atoms with Gasteiger partial charge in [0.05, 0.1) is 0 Å². The summed E-state index contributed by atoms with van der Waals surface area (Å²) in [6.45, 7) is 10.2. The molecule has 128 valence electrons. The van der Waals surface area contributed by atoms with E-state index >= 15 is 0 Å². The Bertz CT molecular complexity index is 593. The largest absolute Gasteiger partial charge is 0.459 e. The van der Waals surface area contributed by atoms with Gasteiger partial charge in [-0.2, -0.15) is 5.10 Å². The molecule has 0 bridgehead atoms. The van der Waals surface area contributed by atoms with E-state index in [-0.39, 0.29) is 18.1 Å². The van der Waals surface area contributed by atoms with Crippen LogP contribution in [0.4, 0.5) is 10.6 Å². The fourth-order valence-electron chi connectivity index (χ4n) is 1.62. The smallest absolute Gasteiger partial charge is 0.413 e. The number of esters is 1. The van der Waals surface area contributed by atoms with Crippen LogP contribution in [-0.4, -0.2) is 39.3 Å². The second kappa shape index (κ2) is 6.80. The molecule has 0 aliphatic carbocycles. The summed E-state index contributed by atoms with van der Waals surface area (Å²) < 4.78 is 11.4. The molecule has 0 fully saturated rings. The number of nitrogens with one attached hydrogen (secondary N) is 1. The molecule has 1 aromatic rings. The first-order valence-electron chi connectivity index (χ1n) is 7.14. The maximum Gasteiger partial charge on any atom is 0.413 e. The van der Waals surface area contributed by atoms with Gasteiger partial charge in [0, 0.05) is 6.07 Å². The van der Waals surface area contributed by atoms with Gasteiger partial charge in [-0.15, -0.1) is 0 Å². The number of hydrogen-bond donors (Lipinski definition) is 1. The van der Waals surface area contributed by atoms with E-state index in [1.54, 1.807) is 41.5 Å². The van der Waals surface area contributed by atoms with E-state index in [0.29, 0.717) is 6.29 Å². The van der Waals surface area contributed by atoms with Crippen molar-refractivity contribution in [1.29, 1.82) is 0 Å². The monoisotopic (exact) mass is 325 g/mol. The maximum atomic E-state index is 11.8. The Hall–Kier alpha value is -2.38. The summed E-state index contributed by atoms with van der Waals surface area (Å²) >= 11 is 0. The van der Waals surface area contributed by atoms with Gasteiger partial charge in [-0.3, -0.25) is 14.9 Å². The van der Waals surface area contributed by atoms with Gasteiger partial charge in [0.25, 0.3) is 0 Å². The van der Waals surface area contributed by atoms with Crippen molar-refractivity contribution in [3.63, 3.8) is 0 Å². The highest BCUT2D eigenvalue weighted by molar-refractivity contribution is 5.85. The Morgan fingerprint density at radius 2 is 1.74 bits per heavy atom. The van der Waals surface area contributed by atoms with Crippen molar-refractivity contribution in [1.82, 2.24) is 9.78 Å². The van der Waals surface area contributed by atoms with Crippen LogP contribution >= 0.6 is 0 Å². The molecule has 1 N–H and O–H groups in total. The average Bonchev–Trinajstić information content (AvgIpc) is 2.65. The third-order valence-corrected chi connectivity index (χ3v) is 2.26. The summed E-state index contributed by atoms with van der Waals surface area (Å²) in [6, 6.07) is 1.35. The summed E-state index contributed by atoms with van der Waals surface area (Å²) in [5.41, 5.74) is -1.15. The van der Waals surface area contributed by atoms with Crippen LogP contribution in [0.3, 0.4) is 0 Å². The van der Waals surface area contributed by atoms with E-state index in [1.165, 1.54) is 6.07 Å². The fraction of sp³-hybridized carbons (Fsp3) is 0.600. The molecule has 0 unspecified atom stereocenters. The van der Waals surface area contributed by atoms with Crippen molar-refractivity contribution in [2.45, 2.75) is 59.3 Å². The number of rotatable bonds is 4. The van der Waals surface area contributed by atoms with E-state index in [4.69, 9.17) is 9.47 Å². The van der Waals surface area contributed by atoms with Crippen LogP contribution in [0.1, 0.15) is 52.0 Å². The van der Waals surface area contributed by atoms with Crippen LogP contribution in [0.15, 0.2) is 6.07 Å². The molecular formula is C15H23N3O5. The number of hydrogen-bond acceptors (Lipinski definition) is 6. The first kappa shape index (κ1) is 18.7. The number of ether oxygens (including phenoxy) is 2. The third-order valence-electron chi connectivity index (χ3n) is 2.26. The Balaban J connectivity index is 2.80. The lowest BCUT2D eigenvalue weighted by molar-refractivity contribution is -0.155. The summed E-state index contributed by atoms with van der Waals surface area (Å²) in [5, 5.41) is 6.40. The second-order valence-electron chi connectivity index (χ2n) is 6.94. The van der Waals surface area contributed by atoms with Crippen LogP contribution in [0.2, 0.25) is 0 Å². The number of carbonyl (C=O) groups excluding carboxylic acids is 3. The summed E-state index contributed by atoms with van der Waals surface area (Å²) in [6.07, 6.45) is -0.158. The van der Waals surface area contributed by atoms with Crippen molar-refractivity contribution in [2.24, 2.45) is 0 Å². The van der Waals surface area contributed by atoms with Crippen LogP contribution in [0, 0.1) is 0 Å². The molecule has 1 amide bonds. The average molecular weight is 325 g/mol. The topological polar surface area (TPSA) is 99.5 Å². The van der Waals surface area contributed by atoms with Gasteiger partial charge in [-0.05, 0) is 41.5 Å². The zero-order valence-corrected chi connectivity index (χ0v) is 14.3. The van der Waals surface area contributed by atoms with Crippen molar-refractivity contribution in [3.05, 3.63) is 11.8 Å². The highest BCUT2D eigenvalue weighted by Gasteiger charge is 2.20. The van der Waals surface area contributed by atoms with Gasteiger partial charge in [0.15, 0.2) is 12.1 Å². The minimum atomic E-state index is -0.697. The van der Waals surface area contributed by atoms with Gasteiger partial charge in [-0.25, -0.2) is 9.48 Å². The molecule has 1 heterocycles. The number of nitrogens with zero attached hydrogens (tertiary/aromatic N) is 2. The number of carbonyl (C=O) groups is 3. The number of anilines is 1. The first-order valence-corrected chi connectivity index (χ1v) is 7.14. The van der Waals surface area contributed by atoms with Gasteiger partial charge >= 0.3 is 12.1 Å². The number of amides is 1. The van der Waals surface area contributed by atoms with E-state index in [1.807, 2.05) is 0 Å². The van der Waals surface area contributed by atoms with Crippen molar-refractivity contribution in [2.75, 3.05) is 5.32 Å². The first-order chi connectivity index (χ1) is 10.4. The molecule has 0 saturated carbocycles. The third kappa shape index (κ3) is 6.94. The molecule has 0 aliphatic rings. The number of aldehydes is 1. The Labute approximate surface area is 135 Å². The predicted octanol–water partition coefficient (Wildman–Crippen LogP) is 2.38. The molecule has 1 aromatic heterocycles. The number of aromatic nitrogens is 2. The molecule has 0 radical (unpaired) electrons. The van der Waals surface area contributed by atoms with Crippen molar-refractivity contribution >= 4 is 24.2 Å². The molecule has 0 saturated heterocycles. The molecule has 0 aliphatic heterocycles. The van der Waals surface area contributed by atoms with E-state index in [9.17, 15) is 14.4 Å². The maximum absolute atomic E-state index is 11.8. The standard InChI is InChI=1S/C15H23N3O5/c1-14(2,3)22-12(20)8-18-10(9-19)7-11(17-18)16-13(21)23-15(4,5)6/h7,9H,8H2,1-6H3,(H,16,17,21). The van der Waals surface area contributed by atoms with E-state index in [0.717, 1.165) is 4.68 Å². The lowest BCUT2D eigenvalue weighted by atomic mass is 10.2. The predicted molar refractivity (Wildman–Crippen MR) is 83.3 cm³/mol. The highest BCUT2D eigenvalue weighted by atomic mass is 16.6. The van der Waals surface area contributed by atoms with Gasteiger partial charge in [0.2, 0.25) is 0 Å². The molecule has 8 nitrogen and oxygen atoms in total. The Kier molecular flexibility index (Phi) is 5.52. The zero-order chi connectivity index (χ0) is 17.8.